The summed E-state index contributed by atoms with van der Waals surface area (Å²) < 4.78 is 15.1. The summed E-state index contributed by atoms with van der Waals surface area (Å²) in [6.45, 7) is 0. The SMILES string of the molecule is O=c1c(SCc2ccccc2F)nccn1-c1ccc(Cl)cc1. The van der Waals surface area contributed by atoms with Crippen molar-refractivity contribution in [2.45, 2.75) is 10.8 Å². The number of aromatic nitrogens is 2. The monoisotopic (exact) mass is 346 g/mol. The van der Waals surface area contributed by atoms with Gasteiger partial charge in [0.1, 0.15) is 5.82 Å². The molecule has 6 heteroatoms. The fourth-order valence-corrected chi connectivity index (χ4v) is 3.07. The summed E-state index contributed by atoms with van der Waals surface area (Å²) in [4.78, 5) is 16.6. The van der Waals surface area contributed by atoms with E-state index in [1.54, 1.807) is 54.9 Å². The Hall–Kier alpha value is -2.11. The smallest absolute Gasteiger partial charge is 0.280 e. The summed E-state index contributed by atoms with van der Waals surface area (Å²) in [6, 6.07) is 13.5. The van der Waals surface area contributed by atoms with Gasteiger partial charge < -0.3 is 0 Å². The highest BCUT2D eigenvalue weighted by Gasteiger charge is 2.09. The predicted octanol–water partition coefficient (Wildman–Crippen LogP) is 4.32. The minimum Gasteiger partial charge on any atom is -0.280 e. The van der Waals surface area contributed by atoms with E-state index in [1.807, 2.05) is 0 Å². The molecule has 0 amide bonds. The van der Waals surface area contributed by atoms with Crippen LogP contribution < -0.4 is 5.56 Å². The first-order valence-corrected chi connectivity index (χ1v) is 8.21. The molecule has 3 rings (SSSR count). The number of halogens is 2. The number of benzene rings is 2. The molecule has 0 unspecified atom stereocenters. The van der Waals surface area contributed by atoms with Crippen molar-refractivity contribution in [1.82, 2.24) is 9.55 Å². The Balaban J connectivity index is 1.87. The van der Waals surface area contributed by atoms with E-state index in [0.29, 0.717) is 27.1 Å². The zero-order valence-corrected chi connectivity index (χ0v) is 13.5. The van der Waals surface area contributed by atoms with Crippen molar-refractivity contribution in [1.29, 1.82) is 0 Å². The molecule has 1 aromatic heterocycles. The van der Waals surface area contributed by atoms with Crippen LogP contribution >= 0.6 is 23.4 Å². The minimum atomic E-state index is -0.283. The first-order valence-electron chi connectivity index (χ1n) is 6.85. The van der Waals surface area contributed by atoms with Crippen LogP contribution in [0.15, 0.2) is 70.7 Å². The molecule has 2 aromatic carbocycles. The molecule has 116 valence electrons. The van der Waals surface area contributed by atoms with E-state index in [9.17, 15) is 9.18 Å². The first kappa shape index (κ1) is 15.8. The van der Waals surface area contributed by atoms with Crippen LogP contribution in [-0.4, -0.2) is 9.55 Å². The lowest BCUT2D eigenvalue weighted by atomic mass is 10.2. The minimum absolute atomic E-state index is 0.240. The maximum absolute atomic E-state index is 13.6. The first-order chi connectivity index (χ1) is 11.1. The van der Waals surface area contributed by atoms with Gasteiger partial charge in [-0.15, -0.1) is 0 Å². The van der Waals surface area contributed by atoms with Crippen LogP contribution in [0.2, 0.25) is 5.02 Å². The van der Waals surface area contributed by atoms with Gasteiger partial charge in [-0.2, -0.15) is 0 Å². The second-order valence-corrected chi connectivity index (χ2v) is 6.16. The van der Waals surface area contributed by atoms with Gasteiger partial charge in [0.25, 0.3) is 5.56 Å². The van der Waals surface area contributed by atoms with Crippen LogP contribution in [0.4, 0.5) is 4.39 Å². The molecular weight excluding hydrogens is 335 g/mol. The Bertz CT molecular complexity index is 880. The molecule has 0 N–H and O–H groups in total. The quantitative estimate of drug-likeness (QED) is 0.660. The van der Waals surface area contributed by atoms with E-state index in [2.05, 4.69) is 4.98 Å². The van der Waals surface area contributed by atoms with Crippen LogP contribution in [0, 0.1) is 5.82 Å². The van der Waals surface area contributed by atoms with Gasteiger partial charge in [0, 0.05) is 28.9 Å². The lowest BCUT2D eigenvalue weighted by molar-refractivity contribution is 0.617. The van der Waals surface area contributed by atoms with Gasteiger partial charge >= 0.3 is 0 Å². The molecule has 0 aliphatic carbocycles. The Morgan fingerprint density at radius 3 is 2.61 bits per heavy atom. The molecule has 0 fully saturated rings. The van der Waals surface area contributed by atoms with E-state index >= 15 is 0 Å². The molecule has 0 bridgehead atoms. The fraction of sp³-hybridized carbons (Fsp3) is 0.0588. The molecule has 0 radical (unpaired) electrons. The molecule has 3 nitrogen and oxygen atoms in total. The summed E-state index contributed by atoms with van der Waals surface area (Å²) in [7, 11) is 0. The Labute approximate surface area is 141 Å². The second-order valence-electron chi connectivity index (χ2n) is 4.76. The standard InChI is InChI=1S/C17H12ClFN2OS/c18-13-5-7-14(8-6-13)21-10-9-20-16(17(21)22)23-11-12-3-1-2-4-15(12)19/h1-10H,11H2. The topological polar surface area (TPSA) is 34.9 Å². The number of rotatable bonds is 4. The zero-order chi connectivity index (χ0) is 16.2. The average molecular weight is 347 g/mol. The molecule has 0 aliphatic heterocycles. The molecule has 0 spiro atoms. The summed E-state index contributed by atoms with van der Waals surface area (Å²) in [5.74, 6) is 0.0634. The van der Waals surface area contributed by atoms with Crippen molar-refractivity contribution in [2.75, 3.05) is 0 Å². The molecule has 23 heavy (non-hydrogen) atoms. The van der Waals surface area contributed by atoms with E-state index in [4.69, 9.17) is 11.6 Å². The maximum atomic E-state index is 13.6. The van der Waals surface area contributed by atoms with Crippen molar-refractivity contribution in [2.24, 2.45) is 0 Å². The normalized spacial score (nSPS) is 10.7. The van der Waals surface area contributed by atoms with Crippen molar-refractivity contribution in [3.63, 3.8) is 0 Å². The van der Waals surface area contributed by atoms with Crippen LogP contribution in [0.1, 0.15) is 5.56 Å². The number of hydrogen-bond donors (Lipinski definition) is 0. The van der Waals surface area contributed by atoms with Crippen LogP contribution in [0.5, 0.6) is 0 Å². The van der Waals surface area contributed by atoms with Crippen molar-refractivity contribution < 1.29 is 4.39 Å². The summed E-state index contributed by atoms with van der Waals surface area (Å²) in [5.41, 5.74) is 1.01. The molecule has 0 saturated carbocycles. The Morgan fingerprint density at radius 2 is 1.87 bits per heavy atom. The highest BCUT2D eigenvalue weighted by atomic mass is 35.5. The van der Waals surface area contributed by atoms with E-state index in [0.717, 1.165) is 0 Å². The lowest BCUT2D eigenvalue weighted by Gasteiger charge is -2.07. The Morgan fingerprint density at radius 1 is 1.13 bits per heavy atom. The summed E-state index contributed by atoms with van der Waals surface area (Å²) in [6.07, 6.45) is 3.15. The molecule has 3 aromatic rings. The van der Waals surface area contributed by atoms with Crippen LogP contribution in [0.25, 0.3) is 5.69 Å². The number of nitrogens with zero attached hydrogens (tertiary/aromatic N) is 2. The van der Waals surface area contributed by atoms with Crippen molar-refractivity contribution in [3.8, 4) is 5.69 Å². The zero-order valence-electron chi connectivity index (χ0n) is 11.9. The molecule has 0 aliphatic rings. The van der Waals surface area contributed by atoms with E-state index in [1.165, 1.54) is 22.4 Å². The van der Waals surface area contributed by atoms with E-state index in [-0.39, 0.29) is 11.4 Å². The molecule has 0 atom stereocenters. The van der Waals surface area contributed by atoms with Gasteiger partial charge in [-0.25, -0.2) is 9.37 Å². The Kier molecular flexibility index (Phi) is 4.79. The molecule has 1 heterocycles. The average Bonchev–Trinajstić information content (AvgIpc) is 2.56. The fourth-order valence-electron chi connectivity index (χ4n) is 2.06. The van der Waals surface area contributed by atoms with Gasteiger partial charge in [-0.1, -0.05) is 41.6 Å². The van der Waals surface area contributed by atoms with Gasteiger partial charge in [-0.3, -0.25) is 9.36 Å². The lowest BCUT2D eigenvalue weighted by Crippen LogP contribution is -2.20. The maximum Gasteiger partial charge on any atom is 0.287 e. The largest absolute Gasteiger partial charge is 0.287 e. The second kappa shape index (κ2) is 6.98. The number of thioether (sulfide) groups is 1. The highest BCUT2D eigenvalue weighted by molar-refractivity contribution is 7.98. The summed E-state index contributed by atoms with van der Waals surface area (Å²) >= 11 is 7.08. The van der Waals surface area contributed by atoms with Crippen LogP contribution in [0.3, 0.4) is 0 Å². The third kappa shape index (κ3) is 3.63. The predicted molar refractivity (Wildman–Crippen MR) is 90.8 cm³/mol. The number of hydrogen-bond acceptors (Lipinski definition) is 3. The van der Waals surface area contributed by atoms with Gasteiger partial charge in [-0.05, 0) is 35.9 Å². The van der Waals surface area contributed by atoms with Crippen LogP contribution in [-0.2, 0) is 5.75 Å². The van der Waals surface area contributed by atoms with E-state index < -0.39 is 0 Å². The van der Waals surface area contributed by atoms with Gasteiger partial charge in [0.2, 0.25) is 0 Å². The molecular formula is C17H12ClFN2OS. The van der Waals surface area contributed by atoms with Gasteiger partial charge in [0.15, 0.2) is 5.03 Å². The van der Waals surface area contributed by atoms with Crippen molar-refractivity contribution >= 4 is 23.4 Å². The third-order valence-corrected chi connectivity index (χ3v) is 4.50. The third-order valence-electron chi connectivity index (χ3n) is 3.24. The highest BCUT2D eigenvalue weighted by Crippen LogP contribution is 2.20. The van der Waals surface area contributed by atoms with Gasteiger partial charge in [0.05, 0.1) is 0 Å². The summed E-state index contributed by atoms with van der Waals surface area (Å²) in [5, 5.41) is 0.927. The van der Waals surface area contributed by atoms with Crippen molar-refractivity contribution in [3.05, 3.63) is 87.7 Å². The molecule has 0 saturated heterocycles.